The third-order valence-electron chi connectivity index (χ3n) is 3.44. The number of ether oxygens (including phenoxy) is 2. The molecular weight excluding hydrogens is 222 g/mol. The van der Waals surface area contributed by atoms with Crippen LogP contribution in [0.15, 0.2) is 0 Å². The van der Waals surface area contributed by atoms with Gasteiger partial charge in [-0.05, 0) is 19.3 Å². The smallest absolute Gasteiger partial charge is 0.168 e. The van der Waals surface area contributed by atoms with Crippen LogP contribution in [0.1, 0.15) is 39.0 Å². The Morgan fingerprint density at radius 1 is 1.44 bits per heavy atom. The largest absolute Gasteiger partial charge is 0.347 e. The molecule has 0 aromatic rings. The van der Waals surface area contributed by atoms with Crippen LogP contribution in [0.25, 0.3) is 0 Å². The van der Waals surface area contributed by atoms with Crippen molar-refractivity contribution < 1.29 is 9.47 Å². The van der Waals surface area contributed by atoms with Crippen molar-refractivity contribution in [2.24, 2.45) is 5.73 Å². The summed E-state index contributed by atoms with van der Waals surface area (Å²) in [6.07, 6.45) is 6.01. The fourth-order valence-corrected chi connectivity index (χ4v) is 3.45. The van der Waals surface area contributed by atoms with Gasteiger partial charge in [0, 0.05) is 30.4 Å². The molecule has 1 saturated carbocycles. The molecule has 2 fully saturated rings. The average Bonchev–Trinajstić information content (AvgIpc) is 2.90. The number of hydrogen-bond acceptors (Lipinski definition) is 4. The van der Waals surface area contributed by atoms with Crippen LogP contribution in [-0.4, -0.2) is 36.0 Å². The molecule has 0 aromatic heterocycles. The molecule has 1 heterocycles. The highest BCUT2D eigenvalue weighted by Gasteiger charge is 2.43. The van der Waals surface area contributed by atoms with Crippen molar-refractivity contribution in [1.29, 1.82) is 0 Å². The third-order valence-corrected chi connectivity index (χ3v) is 4.71. The summed E-state index contributed by atoms with van der Waals surface area (Å²) in [6, 6.07) is 0.327. The molecule has 2 N–H and O–H groups in total. The van der Waals surface area contributed by atoms with Crippen LogP contribution in [-0.2, 0) is 9.47 Å². The van der Waals surface area contributed by atoms with E-state index in [2.05, 4.69) is 6.92 Å². The van der Waals surface area contributed by atoms with E-state index in [0.717, 1.165) is 37.4 Å². The first kappa shape index (κ1) is 12.7. The molecule has 0 aromatic carbocycles. The lowest BCUT2D eigenvalue weighted by Gasteiger charge is -2.21. The molecule has 2 atom stereocenters. The summed E-state index contributed by atoms with van der Waals surface area (Å²) in [6.45, 7) is 2.91. The Balaban J connectivity index is 1.65. The lowest BCUT2D eigenvalue weighted by Crippen LogP contribution is -2.27. The summed E-state index contributed by atoms with van der Waals surface area (Å²) in [4.78, 5) is 0. The van der Waals surface area contributed by atoms with E-state index >= 15 is 0 Å². The topological polar surface area (TPSA) is 44.5 Å². The Kier molecular flexibility index (Phi) is 4.53. The van der Waals surface area contributed by atoms with Crippen LogP contribution < -0.4 is 5.73 Å². The molecule has 16 heavy (non-hydrogen) atoms. The summed E-state index contributed by atoms with van der Waals surface area (Å²) in [5, 5.41) is 0. The Bertz CT molecular complexity index is 219. The van der Waals surface area contributed by atoms with E-state index < -0.39 is 0 Å². The molecule has 1 spiro atoms. The maximum absolute atomic E-state index is 6.04. The number of hydrogen-bond donors (Lipinski definition) is 1. The fraction of sp³-hybridized carbons (Fsp3) is 1.00. The number of rotatable bonds is 5. The summed E-state index contributed by atoms with van der Waals surface area (Å²) < 4.78 is 11.9. The van der Waals surface area contributed by atoms with Crippen LogP contribution in [0.3, 0.4) is 0 Å². The van der Waals surface area contributed by atoms with Crippen molar-refractivity contribution in [2.75, 3.05) is 18.1 Å². The van der Waals surface area contributed by atoms with Gasteiger partial charge in [-0.3, -0.25) is 0 Å². The van der Waals surface area contributed by atoms with Gasteiger partial charge < -0.3 is 15.2 Å². The highest BCUT2D eigenvalue weighted by Crippen LogP contribution is 2.39. The molecule has 2 aliphatic rings. The Labute approximate surface area is 102 Å². The highest BCUT2D eigenvalue weighted by atomic mass is 32.2. The zero-order chi connectivity index (χ0) is 11.4. The monoisotopic (exact) mass is 245 g/mol. The van der Waals surface area contributed by atoms with Crippen molar-refractivity contribution in [1.82, 2.24) is 0 Å². The van der Waals surface area contributed by atoms with Gasteiger partial charge in [-0.25, -0.2) is 0 Å². The maximum atomic E-state index is 6.04. The average molecular weight is 245 g/mol. The Morgan fingerprint density at radius 3 is 2.88 bits per heavy atom. The Hall–Kier alpha value is 0.230. The SMILES string of the molecule is CCC(N)CSCC1COC2(CCCC2)O1. The predicted octanol–water partition coefficient (Wildman–Crippen LogP) is 2.14. The Morgan fingerprint density at radius 2 is 2.19 bits per heavy atom. The maximum Gasteiger partial charge on any atom is 0.168 e. The molecule has 3 nitrogen and oxygen atoms in total. The second-order valence-electron chi connectivity index (χ2n) is 4.87. The standard InChI is InChI=1S/C12H23NO2S/c1-2-10(13)8-16-9-11-7-14-12(15-11)5-3-4-6-12/h10-11H,2-9,13H2,1H3. The van der Waals surface area contributed by atoms with Gasteiger partial charge in [-0.1, -0.05) is 6.92 Å². The van der Waals surface area contributed by atoms with Crippen LogP contribution >= 0.6 is 11.8 Å². The minimum Gasteiger partial charge on any atom is -0.347 e. The predicted molar refractivity (Wildman–Crippen MR) is 67.6 cm³/mol. The first-order valence-corrected chi connectivity index (χ1v) is 7.55. The molecule has 2 unspecified atom stereocenters. The first-order chi connectivity index (χ1) is 7.74. The van der Waals surface area contributed by atoms with Crippen molar-refractivity contribution in [3.8, 4) is 0 Å². The molecule has 1 aliphatic heterocycles. The number of thioether (sulfide) groups is 1. The van der Waals surface area contributed by atoms with Gasteiger partial charge in [-0.15, -0.1) is 0 Å². The van der Waals surface area contributed by atoms with Gasteiger partial charge in [0.2, 0.25) is 0 Å². The van der Waals surface area contributed by atoms with Crippen molar-refractivity contribution in [3.63, 3.8) is 0 Å². The van der Waals surface area contributed by atoms with E-state index in [1.165, 1.54) is 12.8 Å². The van der Waals surface area contributed by atoms with Crippen LogP contribution in [0.2, 0.25) is 0 Å². The molecule has 4 heteroatoms. The zero-order valence-corrected chi connectivity index (χ0v) is 10.9. The second kappa shape index (κ2) is 5.71. The minimum atomic E-state index is -0.196. The zero-order valence-electron chi connectivity index (χ0n) is 10.1. The molecule has 94 valence electrons. The van der Waals surface area contributed by atoms with E-state index in [4.69, 9.17) is 15.2 Å². The quantitative estimate of drug-likeness (QED) is 0.806. The lowest BCUT2D eigenvalue weighted by atomic mass is 10.2. The van der Waals surface area contributed by atoms with Crippen molar-refractivity contribution in [3.05, 3.63) is 0 Å². The molecule has 0 radical (unpaired) electrons. The molecule has 2 rings (SSSR count). The molecule has 1 saturated heterocycles. The fourth-order valence-electron chi connectivity index (χ4n) is 2.34. The minimum absolute atomic E-state index is 0.196. The van der Waals surface area contributed by atoms with E-state index in [9.17, 15) is 0 Å². The van der Waals surface area contributed by atoms with E-state index in [-0.39, 0.29) is 11.9 Å². The van der Waals surface area contributed by atoms with Gasteiger partial charge in [0.05, 0.1) is 12.7 Å². The second-order valence-corrected chi connectivity index (χ2v) is 5.95. The van der Waals surface area contributed by atoms with E-state index in [1.54, 1.807) is 0 Å². The van der Waals surface area contributed by atoms with Gasteiger partial charge in [-0.2, -0.15) is 11.8 Å². The van der Waals surface area contributed by atoms with E-state index in [1.807, 2.05) is 11.8 Å². The summed E-state index contributed by atoms with van der Waals surface area (Å²) in [5.41, 5.74) is 5.88. The van der Waals surface area contributed by atoms with Crippen LogP contribution in [0.4, 0.5) is 0 Å². The summed E-state index contributed by atoms with van der Waals surface area (Å²) in [5.74, 6) is 1.86. The normalized spacial score (nSPS) is 30.0. The van der Waals surface area contributed by atoms with Gasteiger partial charge >= 0.3 is 0 Å². The lowest BCUT2D eigenvalue weighted by molar-refractivity contribution is -0.159. The van der Waals surface area contributed by atoms with Crippen molar-refractivity contribution in [2.45, 2.75) is 57.0 Å². The highest BCUT2D eigenvalue weighted by molar-refractivity contribution is 7.99. The molecule has 1 aliphatic carbocycles. The number of nitrogens with two attached hydrogens (primary N) is 1. The van der Waals surface area contributed by atoms with Gasteiger partial charge in [0.1, 0.15) is 0 Å². The van der Waals surface area contributed by atoms with Crippen molar-refractivity contribution >= 4 is 11.8 Å². The molecular formula is C12H23NO2S. The van der Waals surface area contributed by atoms with Gasteiger partial charge in [0.25, 0.3) is 0 Å². The molecule has 0 bridgehead atoms. The molecule has 0 amide bonds. The summed E-state index contributed by atoms with van der Waals surface area (Å²) >= 11 is 1.90. The van der Waals surface area contributed by atoms with Gasteiger partial charge in [0.15, 0.2) is 5.79 Å². The van der Waals surface area contributed by atoms with Crippen LogP contribution in [0, 0.1) is 0 Å². The first-order valence-electron chi connectivity index (χ1n) is 6.39. The van der Waals surface area contributed by atoms with Crippen LogP contribution in [0.5, 0.6) is 0 Å². The summed E-state index contributed by atoms with van der Waals surface area (Å²) in [7, 11) is 0. The third kappa shape index (κ3) is 3.13. The van der Waals surface area contributed by atoms with E-state index in [0.29, 0.717) is 6.04 Å².